The molecule has 114 valence electrons. The molecule has 20 heavy (non-hydrogen) atoms. The fraction of sp³-hybridized carbons (Fsp3) is 1.00. The lowest BCUT2D eigenvalue weighted by Gasteiger charge is -2.61. The van der Waals surface area contributed by atoms with Crippen molar-refractivity contribution in [2.24, 2.45) is 0 Å². The van der Waals surface area contributed by atoms with E-state index >= 15 is 0 Å². The van der Waals surface area contributed by atoms with Crippen LogP contribution >= 0.6 is 8.07 Å². The highest BCUT2D eigenvalue weighted by Gasteiger charge is 2.63. The summed E-state index contributed by atoms with van der Waals surface area (Å²) in [6.07, 6.45) is 4.08. The van der Waals surface area contributed by atoms with Crippen LogP contribution < -0.4 is 0 Å². The standard InChI is InChI=1S/C15H29N4P/c1-12(2)19-8-15-7-16-9-17(11-20(15)19)13(3)5-6-14(4)18(15)10-16/h12-14H,5-11H2,1-4H3. The van der Waals surface area contributed by atoms with Crippen LogP contribution in [0.25, 0.3) is 0 Å². The van der Waals surface area contributed by atoms with E-state index in [1.807, 2.05) is 0 Å². The molecule has 5 aliphatic rings. The zero-order valence-corrected chi connectivity index (χ0v) is 14.3. The zero-order valence-electron chi connectivity index (χ0n) is 13.4. The normalized spacial score (nSPS) is 55.0. The topological polar surface area (TPSA) is 13.0 Å². The highest BCUT2D eigenvalue weighted by Crippen LogP contribution is 2.68. The SMILES string of the molecule is CC1CCC(C)N2CN3CN1CP1N(C(C)C)CC21C3. The van der Waals surface area contributed by atoms with Crippen molar-refractivity contribution < 1.29 is 0 Å². The van der Waals surface area contributed by atoms with Gasteiger partial charge < -0.3 is 0 Å². The third-order valence-corrected chi connectivity index (χ3v) is 9.38. The van der Waals surface area contributed by atoms with E-state index in [-0.39, 0.29) is 8.07 Å². The largest absolute Gasteiger partial charge is 0.282 e. The van der Waals surface area contributed by atoms with Crippen LogP contribution in [0.4, 0.5) is 0 Å². The smallest absolute Gasteiger partial charge is 0.0828 e. The van der Waals surface area contributed by atoms with Crippen molar-refractivity contribution in [1.29, 1.82) is 0 Å². The Labute approximate surface area is 124 Å². The average Bonchev–Trinajstić information content (AvgIpc) is 2.74. The molecule has 5 saturated heterocycles. The molecule has 5 heterocycles. The number of fused-ring (bicyclic) bond motifs is 3. The van der Waals surface area contributed by atoms with Crippen molar-refractivity contribution in [3.8, 4) is 0 Å². The van der Waals surface area contributed by atoms with E-state index < -0.39 is 0 Å². The average molecular weight is 296 g/mol. The molecular weight excluding hydrogens is 267 g/mol. The lowest BCUT2D eigenvalue weighted by molar-refractivity contribution is 0.0842. The van der Waals surface area contributed by atoms with Gasteiger partial charge in [0, 0.05) is 45.6 Å². The molecule has 0 aromatic rings. The summed E-state index contributed by atoms with van der Waals surface area (Å²) in [7, 11) is -0.00450. The summed E-state index contributed by atoms with van der Waals surface area (Å²) in [6, 6.07) is 2.24. The van der Waals surface area contributed by atoms with Crippen LogP contribution in [0, 0.1) is 0 Å². The summed E-state index contributed by atoms with van der Waals surface area (Å²) in [5.74, 6) is 0. The van der Waals surface area contributed by atoms with E-state index in [1.54, 1.807) is 0 Å². The van der Waals surface area contributed by atoms with Gasteiger partial charge >= 0.3 is 0 Å². The second kappa shape index (κ2) is 4.63. The van der Waals surface area contributed by atoms with Gasteiger partial charge in [0.05, 0.1) is 18.6 Å². The Bertz CT molecular complexity index is 401. The lowest BCUT2D eigenvalue weighted by atomic mass is 10.0. The van der Waals surface area contributed by atoms with E-state index in [0.717, 1.165) is 12.1 Å². The molecule has 7 atom stereocenters. The highest BCUT2D eigenvalue weighted by molar-refractivity contribution is 7.58. The lowest BCUT2D eigenvalue weighted by Crippen LogP contribution is -2.65. The second-order valence-corrected chi connectivity index (χ2v) is 10.1. The summed E-state index contributed by atoms with van der Waals surface area (Å²) in [4.78, 5) is 8.41. The maximum Gasteiger partial charge on any atom is 0.0828 e. The van der Waals surface area contributed by atoms with Crippen LogP contribution in [0.15, 0.2) is 0 Å². The quantitative estimate of drug-likeness (QED) is 0.688. The molecule has 0 N–H and O–H groups in total. The van der Waals surface area contributed by atoms with Gasteiger partial charge in [-0.3, -0.25) is 19.4 Å². The first-order valence-electron chi connectivity index (χ1n) is 8.28. The summed E-state index contributed by atoms with van der Waals surface area (Å²) in [5, 5.41) is 0.526. The van der Waals surface area contributed by atoms with Gasteiger partial charge in [0.1, 0.15) is 0 Å². The van der Waals surface area contributed by atoms with Gasteiger partial charge in [-0.15, -0.1) is 0 Å². The van der Waals surface area contributed by atoms with Crippen molar-refractivity contribution in [2.75, 3.05) is 32.7 Å². The molecule has 0 aromatic carbocycles. The van der Waals surface area contributed by atoms with Gasteiger partial charge in [-0.25, -0.2) is 0 Å². The molecule has 5 rings (SSSR count). The molecule has 4 nitrogen and oxygen atoms in total. The van der Waals surface area contributed by atoms with Gasteiger partial charge in [0.15, 0.2) is 0 Å². The van der Waals surface area contributed by atoms with Crippen molar-refractivity contribution in [1.82, 2.24) is 19.4 Å². The monoisotopic (exact) mass is 296 g/mol. The molecule has 0 radical (unpaired) electrons. The number of hydrogen-bond acceptors (Lipinski definition) is 4. The Balaban J connectivity index is 1.73. The van der Waals surface area contributed by atoms with Gasteiger partial charge in [-0.05, 0) is 40.5 Å². The van der Waals surface area contributed by atoms with E-state index in [4.69, 9.17) is 0 Å². The second-order valence-electron chi connectivity index (χ2n) is 7.66. The molecule has 5 aliphatic heterocycles. The first-order chi connectivity index (χ1) is 9.51. The summed E-state index contributed by atoms with van der Waals surface area (Å²) in [6.45, 7) is 14.8. The predicted molar refractivity (Wildman–Crippen MR) is 84.6 cm³/mol. The van der Waals surface area contributed by atoms with E-state index in [9.17, 15) is 0 Å². The molecule has 0 aliphatic carbocycles. The molecule has 7 unspecified atom stereocenters. The summed E-state index contributed by atoms with van der Waals surface area (Å²) < 4.78 is 2.81. The third-order valence-electron chi connectivity index (χ3n) is 6.02. The molecule has 0 aromatic heterocycles. The number of rotatable bonds is 1. The zero-order chi connectivity index (χ0) is 14.1. The molecular formula is C15H29N4P. The first-order valence-corrected chi connectivity index (χ1v) is 9.76. The van der Waals surface area contributed by atoms with Crippen molar-refractivity contribution >= 4 is 8.07 Å². The molecule has 5 fully saturated rings. The van der Waals surface area contributed by atoms with Crippen LogP contribution in [-0.4, -0.2) is 75.5 Å². The minimum absolute atomic E-state index is 0.00450. The van der Waals surface area contributed by atoms with E-state index in [1.165, 1.54) is 45.6 Å². The van der Waals surface area contributed by atoms with E-state index in [0.29, 0.717) is 11.3 Å². The van der Waals surface area contributed by atoms with Crippen LogP contribution in [0.2, 0.25) is 0 Å². The van der Waals surface area contributed by atoms with Crippen molar-refractivity contribution in [2.45, 2.75) is 63.9 Å². The van der Waals surface area contributed by atoms with Crippen LogP contribution in [0.5, 0.6) is 0 Å². The van der Waals surface area contributed by atoms with Gasteiger partial charge in [-0.1, -0.05) is 0 Å². The van der Waals surface area contributed by atoms with Gasteiger partial charge in [0.2, 0.25) is 0 Å². The Morgan fingerprint density at radius 2 is 1.80 bits per heavy atom. The Hall–Kier alpha value is 0.270. The maximum atomic E-state index is 2.90. The molecule has 4 bridgehead atoms. The third kappa shape index (κ3) is 1.78. The van der Waals surface area contributed by atoms with Gasteiger partial charge in [0.25, 0.3) is 0 Å². The molecule has 0 saturated carbocycles. The minimum Gasteiger partial charge on any atom is -0.282 e. The van der Waals surface area contributed by atoms with Crippen LogP contribution in [-0.2, 0) is 0 Å². The highest BCUT2D eigenvalue weighted by atomic mass is 31.1. The van der Waals surface area contributed by atoms with Crippen molar-refractivity contribution in [3.05, 3.63) is 0 Å². The predicted octanol–water partition coefficient (Wildman–Crippen LogP) is 2.18. The Morgan fingerprint density at radius 1 is 1.05 bits per heavy atom. The summed E-state index contributed by atoms with van der Waals surface area (Å²) >= 11 is 0. The first kappa shape index (κ1) is 13.9. The molecule has 5 heteroatoms. The fourth-order valence-electron chi connectivity index (χ4n) is 4.70. The molecule has 1 spiro atoms. The maximum absolute atomic E-state index is 2.90. The van der Waals surface area contributed by atoms with Crippen LogP contribution in [0.3, 0.4) is 0 Å². The van der Waals surface area contributed by atoms with Crippen molar-refractivity contribution in [3.63, 3.8) is 0 Å². The minimum atomic E-state index is -0.00450. The summed E-state index contributed by atoms with van der Waals surface area (Å²) in [5.41, 5.74) is 0. The van der Waals surface area contributed by atoms with Gasteiger partial charge in [-0.2, -0.15) is 0 Å². The van der Waals surface area contributed by atoms with Crippen LogP contribution in [0.1, 0.15) is 40.5 Å². The van der Waals surface area contributed by atoms with E-state index in [2.05, 4.69) is 47.1 Å². The number of hydrogen-bond donors (Lipinski definition) is 0. The molecule has 0 amide bonds. The fourth-order valence-corrected chi connectivity index (χ4v) is 8.28. The Morgan fingerprint density at radius 3 is 2.55 bits per heavy atom. The Kier molecular flexibility index (Phi) is 3.22. The number of nitrogens with zero attached hydrogens (tertiary/aromatic N) is 4.